The Morgan fingerprint density at radius 1 is 0.893 bits per heavy atom. The molecule has 1 atom stereocenters. The van der Waals surface area contributed by atoms with Gasteiger partial charge in [-0.15, -0.1) is 0 Å². The predicted octanol–water partition coefficient (Wildman–Crippen LogP) is 0.291. The van der Waals surface area contributed by atoms with Gasteiger partial charge in [0.05, 0.1) is 24.0 Å². The third-order valence-electron chi connectivity index (χ3n) is 7.08. The zero-order chi connectivity index (χ0) is 19.9. The van der Waals surface area contributed by atoms with Gasteiger partial charge in [0.15, 0.2) is 9.84 Å². The summed E-state index contributed by atoms with van der Waals surface area (Å²) in [5.74, 6) is 0.380. The van der Waals surface area contributed by atoms with E-state index >= 15 is 0 Å². The molecule has 1 aliphatic heterocycles. The third kappa shape index (κ3) is 4.34. The van der Waals surface area contributed by atoms with Crippen LogP contribution in [0.25, 0.3) is 0 Å². The van der Waals surface area contributed by atoms with Gasteiger partial charge in [0.2, 0.25) is 11.8 Å². The quantitative estimate of drug-likeness (QED) is 0.562. The maximum atomic E-state index is 12.4. The predicted molar refractivity (Wildman–Crippen MR) is 101 cm³/mol. The summed E-state index contributed by atoms with van der Waals surface area (Å²) in [5, 5.41) is 2.67. The Balaban J connectivity index is 1.18. The van der Waals surface area contributed by atoms with Crippen molar-refractivity contribution in [3.63, 3.8) is 0 Å². The number of hydrogen-bond acceptors (Lipinski definition) is 5. The monoisotopic (exact) mass is 411 g/mol. The minimum Gasteiger partial charge on any atom is -0.347 e. The minimum atomic E-state index is -3.15. The summed E-state index contributed by atoms with van der Waals surface area (Å²) >= 11 is 0. The highest BCUT2D eigenvalue weighted by molar-refractivity contribution is 7.91. The number of hydrazine groups is 1. The largest absolute Gasteiger partial charge is 0.347 e. The second-order valence-electron chi connectivity index (χ2n) is 9.51. The van der Waals surface area contributed by atoms with Crippen LogP contribution in [0.3, 0.4) is 0 Å². The van der Waals surface area contributed by atoms with E-state index in [-0.39, 0.29) is 35.8 Å². The minimum absolute atomic E-state index is 0.000583. The molecule has 0 radical (unpaired) electrons. The van der Waals surface area contributed by atoms with Crippen LogP contribution in [0.1, 0.15) is 51.4 Å². The molecule has 156 valence electrons. The van der Waals surface area contributed by atoms with Gasteiger partial charge in [0, 0.05) is 6.42 Å². The number of carbonyl (C=O) groups excluding carboxylic acids is 3. The van der Waals surface area contributed by atoms with Crippen LogP contribution in [0.5, 0.6) is 0 Å². The second kappa shape index (κ2) is 7.31. The topological polar surface area (TPSA) is 121 Å². The van der Waals surface area contributed by atoms with Crippen molar-refractivity contribution in [1.82, 2.24) is 16.2 Å². The van der Waals surface area contributed by atoms with Crippen molar-refractivity contribution >= 4 is 27.6 Å². The average Bonchev–Trinajstić information content (AvgIpc) is 2.96. The van der Waals surface area contributed by atoms with Crippen molar-refractivity contribution in [2.24, 2.45) is 29.1 Å². The molecular weight excluding hydrogens is 382 g/mol. The van der Waals surface area contributed by atoms with Gasteiger partial charge in [-0.25, -0.2) is 8.42 Å². The maximum absolute atomic E-state index is 12.4. The molecule has 4 bridgehead atoms. The molecular formula is C19H29N3O5S. The van der Waals surface area contributed by atoms with Gasteiger partial charge in [-0.2, -0.15) is 0 Å². The molecule has 0 aromatic carbocycles. The van der Waals surface area contributed by atoms with E-state index in [1.807, 2.05) is 0 Å². The van der Waals surface area contributed by atoms with E-state index in [1.165, 1.54) is 19.3 Å². The fourth-order valence-electron chi connectivity index (χ4n) is 6.37. The number of amides is 3. The van der Waals surface area contributed by atoms with Gasteiger partial charge in [0.25, 0.3) is 5.91 Å². The van der Waals surface area contributed by atoms with Crippen LogP contribution < -0.4 is 16.2 Å². The first kappa shape index (κ1) is 19.7. The third-order valence-corrected chi connectivity index (χ3v) is 8.84. The summed E-state index contributed by atoms with van der Waals surface area (Å²) in [6.45, 7) is -0.200. The van der Waals surface area contributed by atoms with Crippen LogP contribution in [-0.2, 0) is 24.2 Å². The first-order chi connectivity index (χ1) is 13.2. The molecule has 0 aromatic heterocycles. The molecule has 5 aliphatic rings. The zero-order valence-corrected chi connectivity index (χ0v) is 16.9. The van der Waals surface area contributed by atoms with Crippen molar-refractivity contribution in [2.75, 3.05) is 18.1 Å². The Bertz CT molecular complexity index is 743. The summed E-state index contributed by atoms with van der Waals surface area (Å²) in [4.78, 5) is 36.2. The van der Waals surface area contributed by atoms with Gasteiger partial charge < -0.3 is 5.32 Å². The fourth-order valence-corrected chi connectivity index (χ4v) is 8.11. The Morgan fingerprint density at radius 2 is 1.50 bits per heavy atom. The van der Waals surface area contributed by atoms with E-state index in [0.717, 1.165) is 37.0 Å². The van der Waals surface area contributed by atoms with Gasteiger partial charge >= 0.3 is 0 Å². The number of sulfone groups is 1. The smallest absolute Gasteiger partial charge is 0.257 e. The molecule has 1 heterocycles. The van der Waals surface area contributed by atoms with E-state index in [1.54, 1.807) is 0 Å². The summed E-state index contributed by atoms with van der Waals surface area (Å²) in [5.41, 5.74) is 4.63. The molecule has 9 heteroatoms. The summed E-state index contributed by atoms with van der Waals surface area (Å²) in [6, 6.07) is 0. The highest BCUT2D eigenvalue weighted by atomic mass is 32.2. The molecule has 0 unspecified atom stereocenters. The molecule has 28 heavy (non-hydrogen) atoms. The summed E-state index contributed by atoms with van der Waals surface area (Å²) in [6.07, 6.45) is 8.14. The molecule has 3 amide bonds. The van der Waals surface area contributed by atoms with Crippen LogP contribution in [0.4, 0.5) is 0 Å². The van der Waals surface area contributed by atoms with Crippen molar-refractivity contribution in [3.8, 4) is 0 Å². The summed E-state index contributed by atoms with van der Waals surface area (Å²) < 4.78 is 22.8. The van der Waals surface area contributed by atoms with Crippen molar-refractivity contribution in [1.29, 1.82) is 0 Å². The normalized spacial score (nSPS) is 37.4. The molecule has 0 spiro atoms. The second-order valence-corrected chi connectivity index (χ2v) is 11.7. The molecule has 0 aromatic rings. The Morgan fingerprint density at radius 3 is 2.04 bits per heavy atom. The van der Waals surface area contributed by atoms with Crippen molar-refractivity contribution in [2.45, 2.75) is 51.4 Å². The SMILES string of the molecule is O=C(CC12CC3CC(CC(C3)C1)C2)NCC(=O)NNC(=O)[C@H]1CCS(=O)(=O)C1. The Kier molecular flexibility index (Phi) is 5.14. The van der Waals surface area contributed by atoms with E-state index < -0.39 is 27.6 Å². The lowest BCUT2D eigenvalue weighted by Gasteiger charge is -2.56. The highest BCUT2D eigenvalue weighted by Gasteiger charge is 2.51. The molecule has 5 fully saturated rings. The number of rotatable bonds is 5. The first-order valence-electron chi connectivity index (χ1n) is 10.3. The fraction of sp³-hybridized carbons (Fsp3) is 0.842. The van der Waals surface area contributed by atoms with E-state index in [0.29, 0.717) is 6.42 Å². The van der Waals surface area contributed by atoms with Crippen LogP contribution in [-0.4, -0.2) is 44.2 Å². The van der Waals surface area contributed by atoms with Crippen LogP contribution in [0.15, 0.2) is 0 Å². The lowest BCUT2D eigenvalue weighted by molar-refractivity contribution is -0.133. The Hall–Kier alpha value is -1.64. The highest BCUT2D eigenvalue weighted by Crippen LogP contribution is 2.61. The molecule has 4 aliphatic carbocycles. The molecule has 4 saturated carbocycles. The first-order valence-corrected chi connectivity index (χ1v) is 12.1. The van der Waals surface area contributed by atoms with Crippen molar-refractivity contribution < 1.29 is 22.8 Å². The van der Waals surface area contributed by atoms with Crippen LogP contribution in [0, 0.1) is 29.1 Å². The standard InChI is InChI=1S/C19H29N3O5S/c23-16(9-19-6-12-3-13(7-19)5-14(4-12)8-19)20-10-17(24)21-22-18(25)15-1-2-28(26,27)11-15/h12-15H,1-11H2,(H,20,23)(H,21,24)(H,22,25)/t12?,13?,14?,15-,19?/m0/s1. The molecule has 1 saturated heterocycles. The number of carbonyl (C=O) groups is 3. The number of nitrogens with one attached hydrogen (secondary N) is 3. The molecule has 8 nitrogen and oxygen atoms in total. The van der Waals surface area contributed by atoms with Gasteiger partial charge in [-0.1, -0.05) is 0 Å². The summed E-state index contributed by atoms with van der Waals surface area (Å²) in [7, 11) is -3.15. The number of hydrogen-bond donors (Lipinski definition) is 3. The lowest BCUT2D eigenvalue weighted by Crippen LogP contribution is -2.50. The average molecular weight is 412 g/mol. The van der Waals surface area contributed by atoms with Gasteiger partial charge in [-0.3, -0.25) is 25.2 Å². The van der Waals surface area contributed by atoms with Gasteiger partial charge in [-0.05, 0) is 68.1 Å². The van der Waals surface area contributed by atoms with Gasteiger partial charge in [0.1, 0.15) is 0 Å². The lowest BCUT2D eigenvalue weighted by atomic mass is 9.49. The zero-order valence-electron chi connectivity index (χ0n) is 16.0. The van der Waals surface area contributed by atoms with Crippen LogP contribution >= 0.6 is 0 Å². The molecule has 5 rings (SSSR count). The van der Waals surface area contributed by atoms with Crippen LogP contribution in [0.2, 0.25) is 0 Å². The molecule has 3 N–H and O–H groups in total. The maximum Gasteiger partial charge on any atom is 0.257 e. The van der Waals surface area contributed by atoms with Crippen molar-refractivity contribution in [3.05, 3.63) is 0 Å². The van der Waals surface area contributed by atoms with E-state index in [4.69, 9.17) is 0 Å². The van der Waals surface area contributed by atoms with E-state index in [2.05, 4.69) is 16.2 Å². The Labute approximate surface area is 165 Å². The van der Waals surface area contributed by atoms with E-state index in [9.17, 15) is 22.8 Å².